The second-order valence-electron chi connectivity index (χ2n) is 10.6. The molecule has 6 aromatic carbocycles. The van der Waals surface area contributed by atoms with Crippen LogP contribution in [-0.4, -0.2) is 9.97 Å². The Morgan fingerprint density at radius 3 is 1.34 bits per heavy atom. The van der Waals surface area contributed by atoms with Gasteiger partial charge in [0.1, 0.15) is 0 Å². The SMILES string of the molecule is N#Cc1cccc(-c2cc(-c3ccccc3)nc(-c3cc(-c4ccccc4)cc(-c4ccc(-c5ccccc5)cc4)c3)n2)c1. The van der Waals surface area contributed by atoms with Crippen LogP contribution in [0.3, 0.4) is 0 Å². The van der Waals surface area contributed by atoms with Gasteiger partial charge in [-0.25, -0.2) is 9.97 Å². The Morgan fingerprint density at radius 2 is 0.773 bits per heavy atom. The first kappa shape index (κ1) is 26.8. The monoisotopic (exact) mass is 561 g/mol. The molecule has 0 bridgehead atoms. The molecule has 0 aliphatic carbocycles. The van der Waals surface area contributed by atoms with Gasteiger partial charge in [0.15, 0.2) is 5.82 Å². The molecule has 0 N–H and O–H groups in total. The summed E-state index contributed by atoms with van der Waals surface area (Å²) < 4.78 is 0. The van der Waals surface area contributed by atoms with Crippen molar-refractivity contribution in [3.63, 3.8) is 0 Å². The van der Waals surface area contributed by atoms with Crippen molar-refractivity contribution in [3.8, 4) is 73.4 Å². The van der Waals surface area contributed by atoms with Crippen LogP contribution in [0.1, 0.15) is 5.56 Å². The van der Waals surface area contributed by atoms with E-state index in [0.717, 1.165) is 50.3 Å². The topological polar surface area (TPSA) is 49.6 Å². The van der Waals surface area contributed by atoms with Crippen LogP contribution in [0.2, 0.25) is 0 Å². The predicted octanol–water partition coefficient (Wildman–Crippen LogP) is 10.4. The molecular formula is C41H27N3. The fraction of sp³-hybridized carbons (Fsp3) is 0. The summed E-state index contributed by atoms with van der Waals surface area (Å²) >= 11 is 0. The summed E-state index contributed by atoms with van der Waals surface area (Å²) in [6, 6.07) is 58.0. The molecule has 206 valence electrons. The van der Waals surface area contributed by atoms with Crippen LogP contribution >= 0.6 is 0 Å². The summed E-state index contributed by atoms with van der Waals surface area (Å²) in [6.45, 7) is 0. The standard InChI is InChI=1S/C41H27N3/c42-28-29-11-10-18-35(23-29)40-27-39(34-16-8-3-9-17-34)43-41(44-40)38-25-36(31-14-6-2-7-15-31)24-37(26-38)33-21-19-32(20-22-33)30-12-4-1-5-13-30/h1-27H. The van der Waals surface area contributed by atoms with E-state index in [2.05, 4.69) is 109 Å². The molecule has 0 aliphatic rings. The van der Waals surface area contributed by atoms with Crippen molar-refractivity contribution < 1.29 is 0 Å². The van der Waals surface area contributed by atoms with Gasteiger partial charge in [0.25, 0.3) is 0 Å². The van der Waals surface area contributed by atoms with E-state index in [1.807, 2.05) is 60.7 Å². The van der Waals surface area contributed by atoms with Crippen molar-refractivity contribution in [1.29, 1.82) is 5.26 Å². The van der Waals surface area contributed by atoms with E-state index in [1.165, 1.54) is 11.1 Å². The van der Waals surface area contributed by atoms with Crippen LogP contribution < -0.4 is 0 Å². The van der Waals surface area contributed by atoms with Crippen LogP contribution in [0.5, 0.6) is 0 Å². The fourth-order valence-electron chi connectivity index (χ4n) is 5.44. The highest BCUT2D eigenvalue weighted by atomic mass is 14.9. The molecule has 3 nitrogen and oxygen atoms in total. The van der Waals surface area contributed by atoms with Crippen molar-refractivity contribution in [2.75, 3.05) is 0 Å². The average Bonchev–Trinajstić information content (AvgIpc) is 3.12. The Morgan fingerprint density at radius 1 is 0.341 bits per heavy atom. The van der Waals surface area contributed by atoms with E-state index in [4.69, 9.17) is 9.97 Å². The van der Waals surface area contributed by atoms with E-state index in [9.17, 15) is 5.26 Å². The van der Waals surface area contributed by atoms with Crippen LogP contribution in [0.4, 0.5) is 0 Å². The third-order valence-electron chi connectivity index (χ3n) is 7.71. The molecule has 0 fully saturated rings. The molecule has 7 rings (SSSR count). The largest absolute Gasteiger partial charge is 0.228 e. The number of benzene rings is 6. The van der Waals surface area contributed by atoms with Gasteiger partial charge in [0.05, 0.1) is 23.0 Å². The lowest BCUT2D eigenvalue weighted by atomic mass is 9.94. The van der Waals surface area contributed by atoms with Gasteiger partial charge in [-0.1, -0.05) is 127 Å². The summed E-state index contributed by atoms with van der Waals surface area (Å²) in [4.78, 5) is 10.2. The van der Waals surface area contributed by atoms with Gasteiger partial charge in [-0.05, 0) is 69.8 Å². The molecule has 0 amide bonds. The Kier molecular flexibility index (Phi) is 7.31. The molecule has 0 radical (unpaired) electrons. The molecule has 0 saturated heterocycles. The molecule has 7 aromatic rings. The summed E-state index contributed by atoms with van der Waals surface area (Å²) in [6.07, 6.45) is 0. The van der Waals surface area contributed by atoms with E-state index in [-0.39, 0.29) is 0 Å². The maximum absolute atomic E-state index is 9.55. The summed E-state index contributed by atoms with van der Waals surface area (Å²) in [5, 5.41) is 9.55. The van der Waals surface area contributed by atoms with Crippen molar-refractivity contribution in [2.45, 2.75) is 0 Å². The van der Waals surface area contributed by atoms with Crippen molar-refractivity contribution in [1.82, 2.24) is 9.97 Å². The highest BCUT2D eigenvalue weighted by Gasteiger charge is 2.14. The van der Waals surface area contributed by atoms with Gasteiger partial charge in [-0.3, -0.25) is 0 Å². The summed E-state index contributed by atoms with van der Waals surface area (Å²) in [5.74, 6) is 0.628. The molecule has 1 heterocycles. The van der Waals surface area contributed by atoms with Crippen molar-refractivity contribution >= 4 is 0 Å². The number of hydrogen-bond donors (Lipinski definition) is 0. The smallest absolute Gasteiger partial charge is 0.160 e. The summed E-state index contributed by atoms with van der Waals surface area (Å²) in [7, 11) is 0. The highest BCUT2D eigenvalue weighted by molar-refractivity contribution is 5.82. The third-order valence-corrected chi connectivity index (χ3v) is 7.71. The lowest BCUT2D eigenvalue weighted by Crippen LogP contribution is -1.97. The number of hydrogen-bond acceptors (Lipinski definition) is 3. The van der Waals surface area contributed by atoms with Crippen LogP contribution in [0.15, 0.2) is 164 Å². The van der Waals surface area contributed by atoms with Gasteiger partial charge >= 0.3 is 0 Å². The normalized spacial score (nSPS) is 10.7. The number of nitrogens with zero attached hydrogens (tertiary/aromatic N) is 3. The Hall–Kier alpha value is -6.11. The second-order valence-corrected chi connectivity index (χ2v) is 10.6. The Bertz CT molecular complexity index is 2100. The van der Waals surface area contributed by atoms with Crippen LogP contribution in [0, 0.1) is 11.3 Å². The molecule has 1 aromatic heterocycles. The van der Waals surface area contributed by atoms with Gasteiger partial charge in [-0.15, -0.1) is 0 Å². The molecule has 0 saturated carbocycles. The minimum Gasteiger partial charge on any atom is -0.228 e. The summed E-state index contributed by atoms with van der Waals surface area (Å²) in [5.41, 5.74) is 11.8. The predicted molar refractivity (Wildman–Crippen MR) is 179 cm³/mol. The molecule has 0 atom stereocenters. The van der Waals surface area contributed by atoms with Gasteiger partial charge in [-0.2, -0.15) is 5.26 Å². The molecule has 3 heteroatoms. The van der Waals surface area contributed by atoms with E-state index in [0.29, 0.717) is 11.4 Å². The molecule has 44 heavy (non-hydrogen) atoms. The van der Waals surface area contributed by atoms with Gasteiger partial charge < -0.3 is 0 Å². The zero-order valence-electron chi connectivity index (χ0n) is 23.9. The van der Waals surface area contributed by atoms with E-state index in [1.54, 1.807) is 0 Å². The first-order chi connectivity index (χ1) is 21.7. The molecule has 0 aliphatic heterocycles. The van der Waals surface area contributed by atoms with Gasteiger partial charge in [0, 0.05) is 16.7 Å². The average molecular weight is 562 g/mol. The van der Waals surface area contributed by atoms with Crippen LogP contribution in [-0.2, 0) is 0 Å². The first-order valence-corrected chi connectivity index (χ1v) is 14.6. The molecular weight excluding hydrogens is 534 g/mol. The minimum absolute atomic E-state index is 0.594. The maximum Gasteiger partial charge on any atom is 0.160 e. The zero-order valence-corrected chi connectivity index (χ0v) is 23.9. The Labute approximate surface area is 257 Å². The quantitative estimate of drug-likeness (QED) is 0.203. The van der Waals surface area contributed by atoms with Crippen molar-refractivity contribution in [2.24, 2.45) is 0 Å². The van der Waals surface area contributed by atoms with E-state index >= 15 is 0 Å². The van der Waals surface area contributed by atoms with Crippen LogP contribution in [0.25, 0.3) is 67.3 Å². The molecule has 0 unspecified atom stereocenters. The van der Waals surface area contributed by atoms with Gasteiger partial charge in [0.2, 0.25) is 0 Å². The Balaban J connectivity index is 1.40. The lowest BCUT2D eigenvalue weighted by molar-refractivity contribution is 1.18. The lowest BCUT2D eigenvalue weighted by Gasteiger charge is -2.13. The minimum atomic E-state index is 0.594. The highest BCUT2D eigenvalue weighted by Crippen LogP contribution is 2.35. The fourth-order valence-corrected chi connectivity index (χ4v) is 5.44. The number of aromatic nitrogens is 2. The zero-order chi connectivity index (χ0) is 29.7. The maximum atomic E-state index is 9.55. The second kappa shape index (κ2) is 12.0. The first-order valence-electron chi connectivity index (χ1n) is 14.6. The van der Waals surface area contributed by atoms with E-state index < -0.39 is 0 Å². The molecule has 0 spiro atoms. The number of nitriles is 1. The number of rotatable bonds is 6. The van der Waals surface area contributed by atoms with Crippen molar-refractivity contribution in [3.05, 3.63) is 169 Å². The third kappa shape index (κ3) is 5.66.